The first-order valence-electron chi connectivity index (χ1n) is 5.44. The zero-order chi connectivity index (χ0) is 13.4. The topological polar surface area (TPSA) is 46.2 Å². The van der Waals surface area contributed by atoms with Crippen LogP contribution in [0.3, 0.4) is 0 Å². The van der Waals surface area contributed by atoms with E-state index in [0.29, 0.717) is 17.3 Å². The van der Waals surface area contributed by atoms with E-state index in [4.69, 9.17) is 11.6 Å². The summed E-state index contributed by atoms with van der Waals surface area (Å²) in [6.45, 7) is 0. The van der Waals surface area contributed by atoms with Gasteiger partial charge in [-0.05, 0) is 37.5 Å². The van der Waals surface area contributed by atoms with Crippen LogP contribution in [0.2, 0.25) is 0 Å². The van der Waals surface area contributed by atoms with Crippen molar-refractivity contribution in [1.29, 1.82) is 0 Å². The van der Waals surface area contributed by atoms with E-state index in [2.05, 4.69) is 20.7 Å². The smallest absolute Gasteiger partial charge is 0.207 e. The van der Waals surface area contributed by atoms with Gasteiger partial charge in [0.2, 0.25) is 10.0 Å². The lowest BCUT2D eigenvalue weighted by Gasteiger charge is -2.40. The Morgan fingerprint density at radius 2 is 2.11 bits per heavy atom. The summed E-state index contributed by atoms with van der Waals surface area (Å²) in [5, 5.41) is 0. The van der Waals surface area contributed by atoms with Crippen molar-refractivity contribution in [2.24, 2.45) is 0 Å². The number of hydrogen-bond donors (Lipinski definition) is 1. The molecule has 1 N–H and O–H groups in total. The maximum absolute atomic E-state index is 13.7. The second-order valence-electron chi connectivity index (χ2n) is 4.45. The van der Waals surface area contributed by atoms with Gasteiger partial charge in [-0.2, -0.15) is 0 Å². The quantitative estimate of drug-likeness (QED) is 0.843. The van der Waals surface area contributed by atoms with Gasteiger partial charge in [0.05, 0.1) is 0 Å². The number of halogens is 3. The van der Waals surface area contributed by atoms with Crippen LogP contribution in [0.1, 0.15) is 19.3 Å². The third-order valence-electron chi connectivity index (χ3n) is 3.10. The van der Waals surface area contributed by atoms with Crippen molar-refractivity contribution in [1.82, 2.24) is 4.72 Å². The molecule has 3 nitrogen and oxygen atoms in total. The minimum absolute atomic E-state index is 0.199. The third kappa shape index (κ3) is 2.71. The zero-order valence-corrected chi connectivity index (χ0v) is 12.6. The molecule has 1 saturated carbocycles. The van der Waals surface area contributed by atoms with Gasteiger partial charge in [0.15, 0.2) is 0 Å². The van der Waals surface area contributed by atoms with E-state index in [-0.39, 0.29) is 10.8 Å². The molecule has 7 heteroatoms. The summed E-state index contributed by atoms with van der Waals surface area (Å²) in [7, 11) is -3.87. The number of benzene rings is 1. The van der Waals surface area contributed by atoms with E-state index in [9.17, 15) is 12.8 Å². The van der Waals surface area contributed by atoms with Crippen LogP contribution in [0.5, 0.6) is 0 Å². The fourth-order valence-electron chi connectivity index (χ4n) is 1.90. The molecule has 1 aliphatic carbocycles. The highest BCUT2D eigenvalue weighted by Gasteiger charge is 2.40. The van der Waals surface area contributed by atoms with Gasteiger partial charge in [-0.15, -0.1) is 11.6 Å². The molecule has 0 aromatic heterocycles. The molecule has 2 rings (SSSR count). The van der Waals surface area contributed by atoms with Crippen molar-refractivity contribution in [3.8, 4) is 0 Å². The van der Waals surface area contributed by atoms with Crippen LogP contribution >= 0.6 is 27.5 Å². The summed E-state index contributed by atoms with van der Waals surface area (Å²) < 4.78 is 40.9. The van der Waals surface area contributed by atoms with Crippen LogP contribution in [0.15, 0.2) is 27.6 Å². The Bertz CT molecular complexity index is 555. The van der Waals surface area contributed by atoms with Gasteiger partial charge >= 0.3 is 0 Å². The molecule has 1 aromatic carbocycles. The lowest BCUT2D eigenvalue weighted by atomic mass is 9.79. The Morgan fingerprint density at radius 1 is 1.44 bits per heavy atom. The second-order valence-corrected chi connectivity index (χ2v) is 7.28. The molecule has 0 bridgehead atoms. The van der Waals surface area contributed by atoms with Crippen molar-refractivity contribution in [3.05, 3.63) is 28.5 Å². The molecule has 18 heavy (non-hydrogen) atoms. The molecular formula is C11H12BrClFNO2S. The predicted octanol–water partition coefficient (Wildman–Crippen LogP) is 3.03. The molecule has 1 aliphatic rings. The average Bonchev–Trinajstić information content (AvgIpc) is 2.23. The minimum Gasteiger partial charge on any atom is -0.207 e. The van der Waals surface area contributed by atoms with Gasteiger partial charge in [-0.1, -0.05) is 15.9 Å². The molecule has 0 amide bonds. The first kappa shape index (κ1) is 14.2. The third-order valence-corrected chi connectivity index (χ3v) is 5.72. The highest BCUT2D eigenvalue weighted by Crippen LogP contribution is 2.34. The van der Waals surface area contributed by atoms with E-state index in [1.807, 2.05) is 0 Å². The molecule has 0 atom stereocenters. The van der Waals surface area contributed by atoms with Crippen molar-refractivity contribution >= 4 is 37.6 Å². The molecule has 0 heterocycles. The average molecular weight is 357 g/mol. The molecule has 1 aromatic rings. The SMILES string of the molecule is O=S(=O)(NC1(CCl)CCC1)c1ccc(Br)cc1F. The van der Waals surface area contributed by atoms with E-state index >= 15 is 0 Å². The first-order chi connectivity index (χ1) is 8.38. The fourth-order valence-corrected chi connectivity index (χ4v) is 4.17. The number of nitrogens with one attached hydrogen (secondary N) is 1. The van der Waals surface area contributed by atoms with Gasteiger partial charge in [-0.3, -0.25) is 0 Å². The Kier molecular flexibility index (Phi) is 4.02. The summed E-state index contributed by atoms with van der Waals surface area (Å²) >= 11 is 8.88. The molecule has 100 valence electrons. The highest BCUT2D eigenvalue weighted by molar-refractivity contribution is 9.10. The van der Waals surface area contributed by atoms with Gasteiger partial charge in [0.1, 0.15) is 10.7 Å². The molecule has 0 saturated heterocycles. The summed E-state index contributed by atoms with van der Waals surface area (Å²) in [6, 6.07) is 3.86. The lowest BCUT2D eigenvalue weighted by Crippen LogP contribution is -2.54. The summed E-state index contributed by atoms with van der Waals surface area (Å²) in [6.07, 6.45) is 2.31. The number of sulfonamides is 1. The van der Waals surface area contributed by atoms with Crippen molar-refractivity contribution < 1.29 is 12.8 Å². The van der Waals surface area contributed by atoms with Crippen molar-refractivity contribution in [3.63, 3.8) is 0 Å². The number of alkyl halides is 1. The number of rotatable bonds is 4. The summed E-state index contributed by atoms with van der Waals surface area (Å²) in [4.78, 5) is -0.345. The van der Waals surface area contributed by atoms with E-state index in [1.165, 1.54) is 12.1 Å². The van der Waals surface area contributed by atoms with E-state index in [1.54, 1.807) is 0 Å². The van der Waals surface area contributed by atoms with Crippen LogP contribution in [0.4, 0.5) is 4.39 Å². The number of hydrogen-bond acceptors (Lipinski definition) is 2. The molecule has 0 unspecified atom stereocenters. The Balaban J connectivity index is 2.31. The van der Waals surface area contributed by atoms with Gasteiger partial charge < -0.3 is 0 Å². The lowest BCUT2D eigenvalue weighted by molar-refractivity contribution is 0.252. The summed E-state index contributed by atoms with van der Waals surface area (Å²) in [5.41, 5.74) is -0.611. The van der Waals surface area contributed by atoms with Crippen molar-refractivity contribution in [2.45, 2.75) is 29.7 Å². The van der Waals surface area contributed by atoms with E-state index < -0.39 is 21.4 Å². The van der Waals surface area contributed by atoms with Crippen LogP contribution < -0.4 is 4.72 Å². The minimum atomic E-state index is -3.87. The Labute approximate surface area is 119 Å². The molecule has 0 radical (unpaired) electrons. The Morgan fingerprint density at radius 3 is 2.56 bits per heavy atom. The van der Waals surface area contributed by atoms with Crippen LogP contribution in [0, 0.1) is 5.82 Å². The monoisotopic (exact) mass is 355 g/mol. The maximum Gasteiger partial charge on any atom is 0.244 e. The first-order valence-corrected chi connectivity index (χ1v) is 8.25. The van der Waals surface area contributed by atoms with Gasteiger partial charge in [0, 0.05) is 15.9 Å². The molecule has 1 fully saturated rings. The Hall–Kier alpha value is -0.170. The van der Waals surface area contributed by atoms with Crippen LogP contribution in [-0.4, -0.2) is 19.8 Å². The van der Waals surface area contributed by atoms with Gasteiger partial charge in [0.25, 0.3) is 0 Å². The summed E-state index contributed by atoms with van der Waals surface area (Å²) in [5.74, 6) is -0.578. The van der Waals surface area contributed by atoms with Crippen LogP contribution in [0.25, 0.3) is 0 Å². The zero-order valence-electron chi connectivity index (χ0n) is 9.42. The standard InChI is InChI=1S/C11H12BrClFNO2S/c12-8-2-3-10(9(14)6-8)18(16,17)15-11(7-13)4-1-5-11/h2-3,6,15H,1,4-5,7H2. The molecule has 0 spiro atoms. The highest BCUT2D eigenvalue weighted by atomic mass is 79.9. The van der Waals surface area contributed by atoms with Gasteiger partial charge in [-0.25, -0.2) is 17.5 Å². The predicted molar refractivity (Wildman–Crippen MR) is 71.7 cm³/mol. The van der Waals surface area contributed by atoms with Crippen LogP contribution in [-0.2, 0) is 10.0 Å². The normalized spacial score (nSPS) is 18.4. The maximum atomic E-state index is 13.7. The largest absolute Gasteiger partial charge is 0.244 e. The van der Waals surface area contributed by atoms with Crippen molar-refractivity contribution in [2.75, 3.05) is 5.88 Å². The second kappa shape index (κ2) is 5.07. The molecular weight excluding hydrogens is 345 g/mol. The molecule has 0 aliphatic heterocycles. The van der Waals surface area contributed by atoms with E-state index in [0.717, 1.165) is 12.5 Å². The fraction of sp³-hybridized carbons (Fsp3) is 0.455.